The van der Waals surface area contributed by atoms with Gasteiger partial charge in [-0.1, -0.05) is 301 Å². The Hall–Kier alpha value is -2.56. The summed E-state index contributed by atoms with van der Waals surface area (Å²) in [5.74, 6) is -1.54. The number of phosphoric acid groups is 1. The Bertz CT molecular complexity index is 1490. The van der Waals surface area contributed by atoms with Crippen LogP contribution in [0, 0.1) is 0 Å². The van der Waals surface area contributed by atoms with Crippen LogP contribution in [0.5, 0.6) is 0 Å². The minimum Gasteiger partial charge on any atom is -0.462 e. The van der Waals surface area contributed by atoms with E-state index in [-0.39, 0.29) is 25.9 Å². The van der Waals surface area contributed by atoms with E-state index in [4.69, 9.17) is 23.3 Å². The Morgan fingerprint density at radius 1 is 0.372 bits per heavy atom. The summed E-state index contributed by atoms with van der Waals surface area (Å²) >= 11 is 0. The molecular weight excluding hydrogens is 1000 g/mol. The van der Waals surface area contributed by atoms with Crippen molar-refractivity contribution >= 4 is 25.7 Å². The fraction of sp³-hybridized carbons (Fsp3) is 0.833. The molecule has 0 fully saturated rings. The molecule has 78 heavy (non-hydrogen) atoms. The molecule has 0 spiro atoms. The van der Waals surface area contributed by atoms with E-state index in [1.165, 1.54) is 193 Å². The van der Waals surface area contributed by atoms with Gasteiger partial charge in [-0.2, -0.15) is 0 Å². The second-order valence-corrected chi connectivity index (χ2v) is 23.4. The van der Waals surface area contributed by atoms with Gasteiger partial charge >= 0.3 is 25.7 Å². The highest BCUT2D eigenvalue weighted by Crippen LogP contribution is 2.43. The van der Waals surface area contributed by atoms with Crippen molar-refractivity contribution in [1.29, 1.82) is 0 Å². The van der Waals surface area contributed by atoms with Crippen LogP contribution in [-0.2, 0) is 42.2 Å². The van der Waals surface area contributed by atoms with Crippen molar-refractivity contribution in [2.75, 3.05) is 26.4 Å². The first kappa shape index (κ1) is 75.4. The fourth-order valence-electron chi connectivity index (χ4n) is 9.37. The number of hydrogen-bond acceptors (Lipinski definition) is 10. The summed E-state index contributed by atoms with van der Waals surface area (Å²) in [5.41, 5.74) is 0. The van der Waals surface area contributed by atoms with E-state index in [0.29, 0.717) is 19.3 Å². The van der Waals surface area contributed by atoms with Crippen LogP contribution in [0.3, 0.4) is 0 Å². The van der Waals surface area contributed by atoms with Gasteiger partial charge in [0.1, 0.15) is 12.7 Å². The highest BCUT2D eigenvalue weighted by Gasteiger charge is 2.28. The molecule has 0 bridgehead atoms. The zero-order chi connectivity index (χ0) is 56.9. The molecule has 0 saturated carbocycles. The molecule has 0 rings (SSSR count). The Balaban J connectivity index is 4.63. The average Bonchev–Trinajstić information content (AvgIpc) is 3.43. The van der Waals surface area contributed by atoms with Gasteiger partial charge in [-0.15, -0.1) is 0 Å². The standard InChI is InChI=1S/C66H121O11P/c1-4-7-10-13-16-19-22-25-27-29-31-33-35-38-41-44-47-50-53-56-65(69)76-62(58-67)60-74-78(71,72)75-61-63(59-73-64(68)55-52-49-46-43-40-37-24-21-18-15-12-9-6-3)77-66(70)57-54-51-48-45-42-39-36-34-32-30-28-26-23-20-17-14-11-8-5-2/h9,12,18,21,37,40,46,49,62-63,67H,4-8,10-11,13-17,19-20,22-36,38-39,41-45,47-48,50-61H2,1-3H3,(H,71,72)/b12-9-,21-18-,40-37-,49-46-. The Labute approximate surface area is 479 Å². The average molecular weight is 1120 g/mol. The number of phosphoric ester groups is 1. The van der Waals surface area contributed by atoms with E-state index < -0.39 is 57.8 Å². The molecule has 0 amide bonds. The highest BCUT2D eigenvalue weighted by molar-refractivity contribution is 7.47. The first-order valence-corrected chi connectivity index (χ1v) is 34.0. The maximum Gasteiger partial charge on any atom is 0.472 e. The number of aliphatic hydroxyl groups is 1. The quantitative estimate of drug-likeness (QED) is 0.0197. The minimum absolute atomic E-state index is 0.109. The van der Waals surface area contributed by atoms with E-state index in [2.05, 4.69) is 57.2 Å². The third-order valence-electron chi connectivity index (χ3n) is 14.3. The Morgan fingerprint density at radius 2 is 0.667 bits per heavy atom. The third kappa shape index (κ3) is 58.1. The number of ether oxygens (including phenoxy) is 3. The van der Waals surface area contributed by atoms with Crippen LogP contribution in [0.15, 0.2) is 48.6 Å². The van der Waals surface area contributed by atoms with Crippen molar-refractivity contribution in [3.8, 4) is 0 Å². The maximum atomic E-state index is 12.9. The van der Waals surface area contributed by atoms with E-state index in [1.54, 1.807) is 0 Å². The van der Waals surface area contributed by atoms with Crippen LogP contribution < -0.4 is 0 Å². The second-order valence-electron chi connectivity index (χ2n) is 21.9. The van der Waals surface area contributed by atoms with Crippen molar-refractivity contribution in [2.45, 2.75) is 328 Å². The van der Waals surface area contributed by atoms with Crippen molar-refractivity contribution in [2.24, 2.45) is 0 Å². The van der Waals surface area contributed by atoms with Gasteiger partial charge in [0.15, 0.2) is 6.10 Å². The van der Waals surface area contributed by atoms with E-state index >= 15 is 0 Å². The lowest BCUT2D eigenvalue weighted by atomic mass is 10.0. The van der Waals surface area contributed by atoms with E-state index in [0.717, 1.165) is 64.2 Å². The number of unbranched alkanes of at least 4 members (excludes halogenated alkanes) is 36. The highest BCUT2D eigenvalue weighted by atomic mass is 31.2. The van der Waals surface area contributed by atoms with Gasteiger partial charge in [0.05, 0.1) is 19.8 Å². The minimum atomic E-state index is -4.76. The van der Waals surface area contributed by atoms with Gasteiger partial charge in [0.2, 0.25) is 0 Å². The number of esters is 3. The lowest BCUT2D eigenvalue weighted by Gasteiger charge is -2.21. The topological polar surface area (TPSA) is 155 Å². The summed E-state index contributed by atoms with van der Waals surface area (Å²) in [7, 11) is -4.76. The van der Waals surface area contributed by atoms with Crippen molar-refractivity contribution < 1.29 is 52.2 Å². The number of carbonyl (C=O) groups is 3. The molecule has 12 heteroatoms. The van der Waals surface area contributed by atoms with Crippen LogP contribution in [0.25, 0.3) is 0 Å². The number of allylic oxidation sites excluding steroid dienone is 8. The molecule has 0 aromatic heterocycles. The summed E-state index contributed by atoms with van der Waals surface area (Å²) in [4.78, 5) is 48.7. The first-order valence-electron chi connectivity index (χ1n) is 32.5. The number of hydrogen-bond donors (Lipinski definition) is 2. The van der Waals surface area contributed by atoms with Crippen LogP contribution in [-0.4, -0.2) is 66.5 Å². The first-order chi connectivity index (χ1) is 38.2. The number of carbonyl (C=O) groups excluding carboxylic acids is 3. The fourth-order valence-corrected chi connectivity index (χ4v) is 10.2. The van der Waals surface area contributed by atoms with Crippen LogP contribution in [0.2, 0.25) is 0 Å². The molecule has 0 radical (unpaired) electrons. The molecule has 11 nitrogen and oxygen atoms in total. The van der Waals surface area contributed by atoms with Crippen molar-refractivity contribution in [1.82, 2.24) is 0 Å². The van der Waals surface area contributed by atoms with Crippen molar-refractivity contribution in [3.63, 3.8) is 0 Å². The molecule has 0 aliphatic rings. The largest absolute Gasteiger partial charge is 0.472 e. The zero-order valence-corrected chi connectivity index (χ0v) is 51.5. The second kappa shape index (κ2) is 60.5. The van der Waals surface area contributed by atoms with Gasteiger partial charge in [0.25, 0.3) is 0 Å². The van der Waals surface area contributed by atoms with Crippen LogP contribution in [0.4, 0.5) is 0 Å². The monoisotopic (exact) mass is 1120 g/mol. The number of aliphatic hydroxyl groups excluding tert-OH is 1. The van der Waals surface area contributed by atoms with Gasteiger partial charge in [-0.25, -0.2) is 4.57 Å². The molecule has 0 aromatic carbocycles. The van der Waals surface area contributed by atoms with Crippen molar-refractivity contribution in [3.05, 3.63) is 48.6 Å². The lowest BCUT2D eigenvalue weighted by Crippen LogP contribution is -2.30. The zero-order valence-electron chi connectivity index (χ0n) is 50.6. The normalized spacial score (nSPS) is 13.6. The summed E-state index contributed by atoms with van der Waals surface area (Å²) in [6, 6.07) is 0. The smallest absolute Gasteiger partial charge is 0.462 e. The van der Waals surface area contributed by atoms with E-state index in [1.807, 2.05) is 12.2 Å². The summed E-state index contributed by atoms with van der Waals surface area (Å²) < 4.78 is 39.6. The molecule has 0 saturated heterocycles. The van der Waals surface area contributed by atoms with Gasteiger partial charge in [-0.3, -0.25) is 23.4 Å². The summed E-state index contributed by atoms with van der Waals surface area (Å²) in [6.45, 7) is 4.52. The molecule has 0 aliphatic heterocycles. The van der Waals surface area contributed by atoms with Crippen LogP contribution in [0.1, 0.15) is 316 Å². The lowest BCUT2D eigenvalue weighted by molar-refractivity contribution is -0.161. The molecule has 2 N–H and O–H groups in total. The van der Waals surface area contributed by atoms with Gasteiger partial charge < -0.3 is 24.2 Å². The molecular formula is C66H121O11P. The molecule has 0 heterocycles. The molecule has 456 valence electrons. The Kier molecular flexibility index (Phi) is 58.5. The predicted octanol–water partition coefficient (Wildman–Crippen LogP) is 19.7. The molecule has 0 aromatic rings. The van der Waals surface area contributed by atoms with E-state index in [9.17, 15) is 28.9 Å². The summed E-state index contributed by atoms with van der Waals surface area (Å²) in [5, 5.41) is 9.86. The molecule has 3 atom stereocenters. The van der Waals surface area contributed by atoms with Crippen LogP contribution >= 0.6 is 7.82 Å². The molecule has 3 unspecified atom stereocenters. The Morgan fingerprint density at radius 3 is 1.00 bits per heavy atom. The maximum absolute atomic E-state index is 12.9. The molecule has 0 aliphatic carbocycles. The number of rotatable bonds is 61. The van der Waals surface area contributed by atoms with Gasteiger partial charge in [-0.05, 0) is 44.9 Å². The SMILES string of the molecule is CC/C=C\C/C=C\C/C=C\C/C=C\CCC(=O)OCC(COP(=O)(O)OCC(CO)OC(=O)CCCCCCCCCCCCCCCCCCCCC)OC(=O)CCCCCCCCCCCCCCCCCCCCC. The third-order valence-corrected chi connectivity index (χ3v) is 15.2. The summed E-state index contributed by atoms with van der Waals surface area (Å²) in [6.07, 6.45) is 66.6. The predicted molar refractivity (Wildman–Crippen MR) is 325 cm³/mol. The van der Waals surface area contributed by atoms with Gasteiger partial charge in [0, 0.05) is 19.3 Å².